The highest BCUT2D eigenvalue weighted by Gasteiger charge is 2.13. The van der Waals surface area contributed by atoms with Gasteiger partial charge in [-0.3, -0.25) is 4.79 Å². The van der Waals surface area contributed by atoms with E-state index in [1.54, 1.807) is 6.07 Å². The average molecular weight is 317 g/mol. The normalized spacial score (nSPS) is 10.2. The molecule has 1 heterocycles. The van der Waals surface area contributed by atoms with Crippen LogP contribution >= 0.6 is 0 Å². The van der Waals surface area contributed by atoms with Crippen LogP contribution in [-0.4, -0.2) is 31.0 Å². The molecule has 1 aromatic carbocycles. The second kappa shape index (κ2) is 7.49. The first-order valence-corrected chi connectivity index (χ1v) is 6.91. The lowest BCUT2D eigenvalue weighted by Gasteiger charge is -2.08. The van der Waals surface area contributed by atoms with Crippen molar-refractivity contribution in [2.45, 2.75) is 12.8 Å². The molecule has 0 saturated heterocycles. The average Bonchev–Trinajstić information content (AvgIpc) is 2.54. The zero-order valence-electron chi connectivity index (χ0n) is 12.8. The number of hydrogen-bond acceptors (Lipinski definition) is 5. The maximum Gasteiger partial charge on any atom is 0.356 e. The molecule has 0 atom stereocenters. The summed E-state index contributed by atoms with van der Waals surface area (Å²) in [5.41, 5.74) is 1.27. The molecule has 1 aromatic heterocycles. The third kappa shape index (κ3) is 4.35. The lowest BCUT2D eigenvalue weighted by molar-refractivity contribution is -0.117. The van der Waals surface area contributed by atoms with E-state index in [9.17, 15) is 14.0 Å². The SMILES string of the molecule is COC(=O)c1cc(CC(=O)Cc2cc(F)ccc2OC)ccn1. The summed E-state index contributed by atoms with van der Waals surface area (Å²) in [4.78, 5) is 27.5. The van der Waals surface area contributed by atoms with E-state index in [0.717, 1.165) is 0 Å². The lowest BCUT2D eigenvalue weighted by Crippen LogP contribution is -2.10. The number of pyridine rings is 1. The molecule has 6 heteroatoms. The molecule has 2 aromatic rings. The second-order valence-electron chi connectivity index (χ2n) is 4.89. The number of carbonyl (C=O) groups is 2. The molecule has 0 radical (unpaired) electrons. The summed E-state index contributed by atoms with van der Waals surface area (Å²) in [7, 11) is 2.73. The number of benzene rings is 1. The predicted octanol–water partition coefficient (Wildman–Crippen LogP) is 2.37. The van der Waals surface area contributed by atoms with Gasteiger partial charge in [0.15, 0.2) is 0 Å². The Hall–Kier alpha value is -2.76. The van der Waals surface area contributed by atoms with Gasteiger partial charge in [-0.1, -0.05) is 0 Å². The van der Waals surface area contributed by atoms with Crippen LogP contribution in [0.3, 0.4) is 0 Å². The van der Waals surface area contributed by atoms with Gasteiger partial charge in [-0.2, -0.15) is 0 Å². The third-order valence-corrected chi connectivity index (χ3v) is 3.25. The number of Topliss-reactive ketones (excluding diaryl/α,β-unsaturated/α-hetero) is 1. The van der Waals surface area contributed by atoms with E-state index in [4.69, 9.17) is 4.74 Å². The molecule has 0 spiro atoms. The Morgan fingerprint density at radius 3 is 2.61 bits per heavy atom. The Balaban J connectivity index is 2.11. The summed E-state index contributed by atoms with van der Waals surface area (Å²) in [6.07, 6.45) is 1.58. The lowest BCUT2D eigenvalue weighted by atomic mass is 10.0. The summed E-state index contributed by atoms with van der Waals surface area (Å²) in [5.74, 6) is -0.655. The number of rotatable bonds is 6. The highest BCUT2D eigenvalue weighted by molar-refractivity contribution is 5.88. The van der Waals surface area contributed by atoms with Crippen LogP contribution in [-0.2, 0) is 22.4 Å². The Bertz CT molecular complexity index is 730. The number of aromatic nitrogens is 1. The minimum absolute atomic E-state index is 0.0385. The van der Waals surface area contributed by atoms with Crippen LogP contribution in [0.15, 0.2) is 36.5 Å². The van der Waals surface area contributed by atoms with E-state index in [0.29, 0.717) is 16.9 Å². The molecule has 2 rings (SSSR count). The minimum atomic E-state index is -0.564. The fourth-order valence-corrected chi connectivity index (χ4v) is 2.19. The molecular formula is C17H16FNO4. The van der Waals surface area contributed by atoms with E-state index < -0.39 is 11.8 Å². The van der Waals surface area contributed by atoms with Crippen molar-refractivity contribution in [3.63, 3.8) is 0 Å². The molecule has 0 aliphatic rings. The molecule has 0 aliphatic carbocycles. The van der Waals surface area contributed by atoms with E-state index in [1.165, 1.54) is 44.7 Å². The van der Waals surface area contributed by atoms with Crippen molar-refractivity contribution in [3.8, 4) is 5.75 Å². The van der Waals surface area contributed by atoms with E-state index in [-0.39, 0.29) is 24.3 Å². The molecule has 0 amide bonds. The van der Waals surface area contributed by atoms with Gasteiger partial charge >= 0.3 is 5.97 Å². The van der Waals surface area contributed by atoms with E-state index in [1.807, 2.05) is 0 Å². The summed E-state index contributed by atoms with van der Waals surface area (Å²) in [6.45, 7) is 0. The van der Waals surface area contributed by atoms with Crippen molar-refractivity contribution in [3.05, 3.63) is 59.2 Å². The molecule has 0 N–H and O–H groups in total. The van der Waals surface area contributed by atoms with Crippen LogP contribution in [0.1, 0.15) is 21.6 Å². The number of halogens is 1. The number of carbonyl (C=O) groups excluding carboxylic acids is 2. The van der Waals surface area contributed by atoms with Gasteiger partial charge in [-0.15, -0.1) is 0 Å². The largest absolute Gasteiger partial charge is 0.496 e. The molecular weight excluding hydrogens is 301 g/mol. The molecule has 23 heavy (non-hydrogen) atoms. The third-order valence-electron chi connectivity index (χ3n) is 3.25. The van der Waals surface area contributed by atoms with E-state index >= 15 is 0 Å². The summed E-state index contributed by atoms with van der Waals surface area (Å²) >= 11 is 0. The zero-order chi connectivity index (χ0) is 16.8. The van der Waals surface area contributed by atoms with Gasteiger partial charge in [0.25, 0.3) is 0 Å². The molecule has 0 unspecified atom stereocenters. The fourth-order valence-electron chi connectivity index (χ4n) is 2.19. The predicted molar refractivity (Wildman–Crippen MR) is 80.9 cm³/mol. The fraction of sp³-hybridized carbons (Fsp3) is 0.235. The molecule has 120 valence electrons. The van der Waals surface area contributed by atoms with Crippen LogP contribution in [0.25, 0.3) is 0 Å². The van der Waals surface area contributed by atoms with Gasteiger partial charge in [0.1, 0.15) is 23.0 Å². The first kappa shape index (κ1) is 16.6. The van der Waals surface area contributed by atoms with Crippen molar-refractivity contribution >= 4 is 11.8 Å². The zero-order valence-corrected chi connectivity index (χ0v) is 12.8. The standard InChI is InChI=1S/C17H16FNO4/c1-22-16-4-3-13(18)9-12(16)10-14(20)7-11-5-6-19-15(8-11)17(21)23-2/h3-6,8-9H,7,10H2,1-2H3. The van der Waals surface area contributed by atoms with Gasteiger partial charge in [0, 0.05) is 24.6 Å². The monoisotopic (exact) mass is 317 g/mol. The highest BCUT2D eigenvalue weighted by atomic mass is 19.1. The van der Waals surface area contributed by atoms with Crippen molar-refractivity contribution in [1.82, 2.24) is 4.98 Å². The maximum atomic E-state index is 13.3. The van der Waals surface area contributed by atoms with Crippen LogP contribution in [0, 0.1) is 5.82 Å². The first-order chi connectivity index (χ1) is 11.0. The number of esters is 1. The van der Waals surface area contributed by atoms with Gasteiger partial charge in [0.05, 0.1) is 14.2 Å². The van der Waals surface area contributed by atoms with Gasteiger partial charge in [-0.25, -0.2) is 14.2 Å². The Labute approximate surface area is 133 Å². The number of methoxy groups -OCH3 is 2. The Morgan fingerprint density at radius 2 is 1.91 bits per heavy atom. The number of nitrogens with zero attached hydrogens (tertiary/aromatic N) is 1. The molecule has 0 saturated carbocycles. The van der Waals surface area contributed by atoms with Gasteiger partial charge < -0.3 is 9.47 Å². The first-order valence-electron chi connectivity index (χ1n) is 6.91. The minimum Gasteiger partial charge on any atom is -0.496 e. The number of hydrogen-bond donors (Lipinski definition) is 0. The van der Waals surface area contributed by atoms with Gasteiger partial charge in [-0.05, 0) is 35.9 Å². The van der Waals surface area contributed by atoms with Crippen molar-refractivity contribution in [2.75, 3.05) is 14.2 Å². The second-order valence-corrected chi connectivity index (χ2v) is 4.89. The van der Waals surface area contributed by atoms with Crippen LogP contribution in [0.4, 0.5) is 4.39 Å². The summed E-state index contributed by atoms with van der Waals surface area (Å²) < 4.78 is 23.0. The van der Waals surface area contributed by atoms with Gasteiger partial charge in [0.2, 0.25) is 0 Å². The highest BCUT2D eigenvalue weighted by Crippen LogP contribution is 2.20. The van der Waals surface area contributed by atoms with Crippen LogP contribution in [0.5, 0.6) is 5.75 Å². The number of ketones is 1. The quantitative estimate of drug-likeness (QED) is 0.765. The smallest absolute Gasteiger partial charge is 0.356 e. The molecule has 0 aliphatic heterocycles. The molecule has 5 nitrogen and oxygen atoms in total. The van der Waals surface area contributed by atoms with E-state index in [2.05, 4.69) is 9.72 Å². The summed E-state index contributed by atoms with van der Waals surface area (Å²) in [5, 5.41) is 0. The molecule has 0 fully saturated rings. The van der Waals surface area contributed by atoms with Crippen molar-refractivity contribution in [1.29, 1.82) is 0 Å². The van der Waals surface area contributed by atoms with Crippen molar-refractivity contribution < 1.29 is 23.5 Å². The maximum absolute atomic E-state index is 13.3. The Kier molecular flexibility index (Phi) is 5.41. The van der Waals surface area contributed by atoms with Crippen LogP contribution < -0.4 is 4.74 Å². The van der Waals surface area contributed by atoms with Crippen LogP contribution in [0.2, 0.25) is 0 Å². The Morgan fingerprint density at radius 1 is 1.13 bits per heavy atom. The topological polar surface area (TPSA) is 65.5 Å². The van der Waals surface area contributed by atoms with Crippen molar-refractivity contribution in [2.24, 2.45) is 0 Å². The molecule has 0 bridgehead atoms. The number of ether oxygens (including phenoxy) is 2. The summed E-state index contributed by atoms with van der Waals surface area (Å²) in [6, 6.07) is 7.20.